The maximum absolute atomic E-state index is 13.6. The minimum atomic E-state index is -3.76. The van der Waals surface area contributed by atoms with Crippen LogP contribution in [0.25, 0.3) is 0 Å². The lowest BCUT2D eigenvalue weighted by Crippen LogP contribution is -2.52. The van der Waals surface area contributed by atoms with Crippen LogP contribution >= 0.6 is 11.6 Å². The molecule has 0 spiro atoms. The van der Waals surface area contributed by atoms with Crippen LogP contribution in [-0.2, 0) is 26.2 Å². The molecule has 1 aliphatic carbocycles. The molecule has 1 saturated carbocycles. The maximum Gasteiger partial charge on any atom is 0.244 e. The van der Waals surface area contributed by atoms with Crippen LogP contribution in [0.5, 0.6) is 0 Å². The number of hydrogen-bond acceptors (Lipinski definition) is 4. The van der Waals surface area contributed by atoms with Crippen molar-refractivity contribution in [1.82, 2.24) is 10.2 Å². The lowest BCUT2D eigenvalue weighted by atomic mass is 10.0. The van der Waals surface area contributed by atoms with Crippen LogP contribution in [0.15, 0.2) is 48.5 Å². The van der Waals surface area contributed by atoms with Crippen molar-refractivity contribution in [2.24, 2.45) is 0 Å². The Hall–Kier alpha value is -2.58. The Morgan fingerprint density at radius 1 is 1.06 bits per heavy atom. The smallest absolute Gasteiger partial charge is 0.244 e. The maximum atomic E-state index is 13.6. The molecule has 1 aliphatic rings. The Morgan fingerprint density at radius 3 is 2.25 bits per heavy atom. The number of anilines is 1. The largest absolute Gasteiger partial charge is 0.352 e. The SMILES string of the molecule is CC(C)c1ccc(N(CC(=O)N(Cc2cccc(Cl)c2)C(C)C(=O)NC2CCCC2)S(C)(=O)=O)cc1. The average molecular weight is 534 g/mol. The van der Waals surface area contributed by atoms with Gasteiger partial charge in [0.25, 0.3) is 0 Å². The van der Waals surface area contributed by atoms with Crippen molar-refractivity contribution in [3.8, 4) is 0 Å². The van der Waals surface area contributed by atoms with Crippen molar-refractivity contribution in [3.63, 3.8) is 0 Å². The van der Waals surface area contributed by atoms with Gasteiger partial charge in [-0.05, 0) is 61.1 Å². The normalized spacial score (nSPS) is 15.1. The van der Waals surface area contributed by atoms with Gasteiger partial charge in [-0.1, -0.05) is 62.6 Å². The van der Waals surface area contributed by atoms with Crippen molar-refractivity contribution >= 4 is 39.1 Å². The van der Waals surface area contributed by atoms with E-state index < -0.39 is 28.5 Å². The molecule has 0 heterocycles. The van der Waals surface area contributed by atoms with E-state index in [0.29, 0.717) is 16.6 Å². The number of nitrogens with zero attached hydrogens (tertiary/aromatic N) is 2. The van der Waals surface area contributed by atoms with Gasteiger partial charge in [-0.25, -0.2) is 8.42 Å². The third-order valence-corrected chi connectivity index (χ3v) is 8.01. The van der Waals surface area contributed by atoms with E-state index in [1.54, 1.807) is 37.3 Å². The lowest BCUT2D eigenvalue weighted by molar-refractivity contribution is -0.139. The molecule has 0 aliphatic heterocycles. The highest BCUT2D eigenvalue weighted by Crippen LogP contribution is 2.23. The summed E-state index contributed by atoms with van der Waals surface area (Å²) < 4.78 is 26.5. The first kappa shape index (κ1) is 28.0. The van der Waals surface area contributed by atoms with Gasteiger partial charge in [0, 0.05) is 17.6 Å². The first-order chi connectivity index (χ1) is 17.0. The highest BCUT2D eigenvalue weighted by Gasteiger charge is 2.31. The number of hydrogen-bond donors (Lipinski definition) is 1. The fourth-order valence-corrected chi connectivity index (χ4v) is 5.51. The topological polar surface area (TPSA) is 86.8 Å². The third-order valence-electron chi connectivity index (χ3n) is 6.64. The Balaban J connectivity index is 1.87. The summed E-state index contributed by atoms with van der Waals surface area (Å²) in [5.41, 5.74) is 2.22. The molecular weight excluding hydrogens is 498 g/mol. The van der Waals surface area contributed by atoms with Gasteiger partial charge in [0.05, 0.1) is 11.9 Å². The highest BCUT2D eigenvalue weighted by molar-refractivity contribution is 7.92. The van der Waals surface area contributed by atoms with Gasteiger partial charge >= 0.3 is 0 Å². The summed E-state index contributed by atoms with van der Waals surface area (Å²) in [6.45, 7) is 5.50. The Kier molecular flexibility index (Phi) is 9.41. The van der Waals surface area contributed by atoms with Crippen LogP contribution in [0.3, 0.4) is 0 Å². The van der Waals surface area contributed by atoms with Crippen LogP contribution in [0, 0.1) is 0 Å². The summed E-state index contributed by atoms with van der Waals surface area (Å²) in [5.74, 6) is -0.424. The van der Waals surface area contributed by atoms with E-state index in [4.69, 9.17) is 11.6 Å². The van der Waals surface area contributed by atoms with Crippen molar-refractivity contribution in [2.45, 2.75) is 71.0 Å². The summed E-state index contributed by atoms with van der Waals surface area (Å²) in [6, 6.07) is 13.5. The van der Waals surface area contributed by atoms with Crippen LogP contribution in [0.1, 0.15) is 63.5 Å². The van der Waals surface area contributed by atoms with Gasteiger partial charge in [0.1, 0.15) is 12.6 Å². The predicted molar refractivity (Wildman–Crippen MR) is 145 cm³/mol. The molecule has 7 nitrogen and oxygen atoms in total. The standard InChI is InChI=1S/C27H36ClN3O4S/c1-19(2)22-12-14-25(15-13-22)31(36(4,34)35)18-26(32)30(17-21-8-7-9-23(28)16-21)20(3)27(33)29-24-10-5-6-11-24/h7-9,12-16,19-20,24H,5-6,10-11,17-18H2,1-4H3,(H,29,33). The van der Waals surface area contributed by atoms with Crippen LogP contribution in [0.4, 0.5) is 5.69 Å². The Morgan fingerprint density at radius 2 is 1.69 bits per heavy atom. The van der Waals surface area contributed by atoms with Gasteiger partial charge in [-0.2, -0.15) is 0 Å². The molecular formula is C27H36ClN3O4S. The average Bonchev–Trinajstić information content (AvgIpc) is 3.33. The van der Waals surface area contributed by atoms with E-state index in [2.05, 4.69) is 19.2 Å². The van der Waals surface area contributed by atoms with E-state index >= 15 is 0 Å². The minimum absolute atomic E-state index is 0.107. The number of sulfonamides is 1. The highest BCUT2D eigenvalue weighted by atomic mass is 35.5. The zero-order valence-electron chi connectivity index (χ0n) is 21.4. The molecule has 36 heavy (non-hydrogen) atoms. The van der Waals surface area contributed by atoms with E-state index in [1.807, 2.05) is 18.2 Å². The molecule has 0 aromatic heterocycles. The second kappa shape index (κ2) is 12.1. The Bertz CT molecular complexity index is 1160. The molecule has 0 saturated heterocycles. The molecule has 0 bridgehead atoms. The zero-order valence-corrected chi connectivity index (χ0v) is 23.0. The molecule has 3 rings (SSSR count). The molecule has 1 atom stereocenters. The molecule has 1 fully saturated rings. The van der Waals surface area contributed by atoms with Crippen molar-refractivity contribution in [2.75, 3.05) is 17.1 Å². The number of amides is 2. The second-order valence-electron chi connectivity index (χ2n) is 9.83. The summed E-state index contributed by atoms with van der Waals surface area (Å²) in [6.07, 6.45) is 5.07. The van der Waals surface area contributed by atoms with Gasteiger partial charge in [-0.15, -0.1) is 0 Å². The van der Waals surface area contributed by atoms with Gasteiger partial charge < -0.3 is 10.2 Å². The molecule has 0 radical (unpaired) electrons. The molecule has 1 unspecified atom stereocenters. The van der Waals surface area contributed by atoms with E-state index in [0.717, 1.165) is 47.4 Å². The number of carbonyl (C=O) groups excluding carboxylic acids is 2. The molecule has 2 aromatic rings. The summed E-state index contributed by atoms with van der Waals surface area (Å²) >= 11 is 6.15. The zero-order chi connectivity index (χ0) is 26.5. The number of nitrogens with one attached hydrogen (secondary N) is 1. The third kappa shape index (κ3) is 7.46. The second-order valence-corrected chi connectivity index (χ2v) is 12.2. The van der Waals surface area contributed by atoms with Gasteiger partial charge in [0.15, 0.2) is 0 Å². The van der Waals surface area contributed by atoms with Crippen LogP contribution in [0.2, 0.25) is 5.02 Å². The lowest BCUT2D eigenvalue weighted by Gasteiger charge is -2.32. The van der Waals surface area contributed by atoms with Gasteiger partial charge in [-0.3, -0.25) is 13.9 Å². The summed E-state index contributed by atoms with van der Waals surface area (Å²) in [7, 11) is -3.76. The number of rotatable bonds is 10. The van der Waals surface area contributed by atoms with E-state index in [9.17, 15) is 18.0 Å². The quantitative estimate of drug-likeness (QED) is 0.479. The summed E-state index contributed by atoms with van der Waals surface area (Å²) in [5, 5.41) is 3.57. The fourth-order valence-electron chi connectivity index (χ4n) is 4.45. The van der Waals surface area contributed by atoms with Crippen LogP contribution in [-0.4, -0.2) is 50.0 Å². The first-order valence-electron chi connectivity index (χ1n) is 12.4. The Labute approximate surface area is 219 Å². The van der Waals surface area contributed by atoms with E-state index in [1.165, 1.54) is 4.90 Å². The molecule has 196 valence electrons. The summed E-state index contributed by atoms with van der Waals surface area (Å²) in [4.78, 5) is 28.1. The van der Waals surface area contributed by atoms with E-state index in [-0.39, 0.29) is 18.5 Å². The molecule has 2 amide bonds. The first-order valence-corrected chi connectivity index (χ1v) is 14.6. The van der Waals surface area contributed by atoms with Crippen LogP contribution < -0.4 is 9.62 Å². The van der Waals surface area contributed by atoms with Crippen molar-refractivity contribution < 1.29 is 18.0 Å². The number of halogens is 1. The number of carbonyl (C=O) groups is 2. The monoisotopic (exact) mass is 533 g/mol. The van der Waals surface area contributed by atoms with Crippen molar-refractivity contribution in [3.05, 3.63) is 64.7 Å². The van der Waals surface area contributed by atoms with Crippen molar-refractivity contribution in [1.29, 1.82) is 0 Å². The fraction of sp³-hybridized carbons (Fsp3) is 0.481. The molecule has 1 N–H and O–H groups in total. The predicted octanol–water partition coefficient (Wildman–Crippen LogP) is 4.71. The molecule has 9 heteroatoms. The minimum Gasteiger partial charge on any atom is -0.352 e. The number of benzene rings is 2. The van der Waals surface area contributed by atoms with Gasteiger partial charge in [0.2, 0.25) is 21.8 Å². The molecule has 2 aromatic carbocycles.